The van der Waals surface area contributed by atoms with Crippen LogP contribution in [-0.4, -0.2) is 22.6 Å². The van der Waals surface area contributed by atoms with E-state index in [-0.39, 0.29) is 0 Å². The van der Waals surface area contributed by atoms with E-state index in [1.807, 2.05) is 28.8 Å². The average Bonchev–Trinajstić information content (AvgIpc) is 2.58. The van der Waals surface area contributed by atoms with E-state index in [4.69, 9.17) is 4.74 Å². The Balaban J connectivity index is 2.29. The highest BCUT2D eigenvalue weighted by Crippen LogP contribution is 2.33. The smallest absolute Gasteiger partial charge is 0.162 e. The number of aromatic nitrogens is 2. The van der Waals surface area contributed by atoms with Crippen molar-refractivity contribution in [1.82, 2.24) is 9.38 Å². The first-order chi connectivity index (χ1) is 7.77. The number of ether oxygens (including phenoxy) is 1. The maximum atomic E-state index is 9.26. The predicted molar refractivity (Wildman–Crippen MR) is 61.0 cm³/mol. The van der Waals surface area contributed by atoms with Crippen LogP contribution in [0.1, 0.15) is 5.82 Å². The Kier molecular flexibility index (Phi) is 2.03. The number of rotatable bonds is 1. The molecule has 1 fully saturated rings. The van der Waals surface area contributed by atoms with Gasteiger partial charge in [-0.2, -0.15) is 5.26 Å². The van der Waals surface area contributed by atoms with Crippen molar-refractivity contribution in [2.24, 2.45) is 0 Å². The Bertz CT molecular complexity index is 595. The first-order valence-corrected chi connectivity index (χ1v) is 5.68. The second-order valence-corrected chi connectivity index (χ2v) is 4.62. The molecule has 3 rings (SSSR count). The molecular formula is C11H8BrN3O. The Labute approximate surface area is 101 Å². The van der Waals surface area contributed by atoms with E-state index in [1.165, 1.54) is 0 Å². The van der Waals surface area contributed by atoms with Crippen molar-refractivity contribution in [3.05, 3.63) is 34.8 Å². The summed E-state index contributed by atoms with van der Waals surface area (Å²) in [7, 11) is 0. The summed E-state index contributed by atoms with van der Waals surface area (Å²) in [6, 6.07) is 8.14. The van der Waals surface area contributed by atoms with Crippen molar-refractivity contribution < 1.29 is 4.74 Å². The Morgan fingerprint density at radius 1 is 1.50 bits per heavy atom. The van der Waals surface area contributed by atoms with Crippen molar-refractivity contribution in [2.45, 2.75) is 5.41 Å². The number of halogens is 1. The Morgan fingerprint density at radius 2 is 2.31 bits per heavy atom. The maximum absolute atomic E-state index is 9.26. The second kappa shape index (κ2) is 3.30. The summed E-state index contributed by atoms with van der Waals surface area (Å²) in [6.45, 7) is 0.841. The van der Waals surface area contributed by atoms with E-state index in [0.29, 0.717) is 13.2 Å². The van der Waals surface area contributed by atoms with E-state index >= 15 is 0 Å². The molecule has 0 amide bonds. The number of imidazole rings is 1. The van der Waals surface area contributed by atoms with E-state index in [0.717, 1.165) is 15.9 Å². The summed E-state index contributed by atoms with van der Waals surface area (Å²) in [5, 5.41) is 9.26. The number of hydrogen-bond donors (Lipinski definition) is 0. The molecule has 2 aromatic heterocycles. The molecule has 1 aliphatic heterocycles. The van der Waals surface area contributed by atoms with Gasteiger partial charge in [0.2, 0.25) is 0 Å². The van der Waals surface area contributed by atoms with Gasteiger partial charge in [0, 0.05) is 6.20 Å². The van der Waals surface area contributed by atoms with Crippen LogP contribution in [0.25, 0.3) is 5.52 Å². The van der Waals surface area contributed by atoms with Crippen LogP contribution in [0.15, 0.2) is 29.0 Å². The highest BCUT2D eigenvalue weighted by Gasteiger charge is 2.44. The molecule has 0 radical (unpaired) electrons. The maximum Gasteiger partial charge on any atom is 0.162 e. The summed E-state index contributed by atoms with van der Waals surface area (Å²) in [5.41, 5.74) is 0.384. The first kappa shape index (κ1) is 9.82. The molecule has 0 aliphatic carbocycles. The summed E-state index contributed by atoms with van der Waals surface area (Å²) in [6.07, 6.45) is 1.92. The summed E-state index contributed by atoms with van der Waals surface area (Å²) in [4.78, 5) is 4.43. The first-order valence-electron chi connectivity index (χ1n) is 4.89. The molecule has 0 saturated carbocycles. The third-order valence-electron chi connectivity index (χ3n) is 2.84. The van der Waals surface area contributed by atoms with Gasteiger partial charge in [0.05, 0.1) is 24.8 Å². The van der Waals surface area contributed by atoms with Gasteiger partial charge < -0.3 is 9.14 Å². The van der Waals surface area contributed by atoms with E-state index in [1.54, 1.807) is 0 Å². The largest absolute Gasteiger partial charge is 0.377 e. The van der Waals surface area contributed by atoms with Gasteiger partial charge in [-0.1, -0.05) is 6.07 Å². The third kappa shape index (κ3) is 1.14. The van der Waals surface area contributed by atoms with E-state index in [2.05, 4.69) is 27.0 Å². The van der Waals surface area contributed by atoms with Crippen molar-refractivity contribution in [3.8, 4) is 6.07 Å². The summed E-state index contributed by atoms with van der Waals surface area (Å²) < 4.78 is 7.86. The normalized spacial score (nSPS) is 18.0. The topological polar surface area (TPSA) is 50.3 Å². The summed E-state index contributed by atoms with van der Waals surface area (Å²) >= 11 is 3.41. The van der Waals surface area contributed by atoms with Crippen LogP contribution < -0.4 is 0 Å². The fraction of sp³-hybridized carbons (Fsp3) is 0.273. The minimum atomic E-state index is -0.587. The number of nitrogens with zero attached hydrogens (tertiary/aromatic N) is 3. The van der Waals surface area contributed by atoms with E-state index < -0.39 is 5.41 Å². The Morgan fingerprint density at radius 3 is 2.94 bits per heavy atom. The molecular weight excluding hydrogens is 270 g/mol. The van der Waals surface area contributed by atoms with Crippen LogP contribution in [0.2, 0.25) is 0 Å². The van der Waals surface area contributed by atoms with Crippen molar-refractivity contribution >= 4 is 21.4 Å². The molecule has 5 heteroatoms. The third-order valence-corrected chi connectivity index (χ3v) is 3.43. The standard InChI is InChI=1S/C11H8BrN3O/c12-9-8-3-1-2-4-15(8)10(14-9)11(5-13)6-16-7-11/h1-4H,6-7H2. The molecule has 80 valence electrons. The minimum absolute atomic E-state index is 0.421. The number of hydrogen-bond acceptors (Lipinski definition) is 3. The van der Waals surface area contributed by atoms with Crippen LogP contribution in [0.4, 0.5) is 0 Å². The lowest BCUT2D eigenvalue weighted by Gasteiger charge is -2.33. The lowest BCUT2D eigenvalue weighted by molar-refractivity contribution is -0.0341. The zero-order valence-electron chi connectivity index (χ0n) is 8.35. The molecule has 3 heterocycles. The van der Waals surface area contributed by atoms with Crippen LogP contribution in [-0.2, 0) is 10.2 Å². The van der Waals surface area contributed by atoms with Crippen molar-refractivity contribution in [3.63, 3.8) is 0 Å². The van der Waals surface area contributed by atoms with Crippen LogP contribution in [0.5, 0.6) is 0 Å². The van der Waals surface area contributed by atoms with Gasteiger partial charge >= 0.3 is 0 Å². The zero-order valence-corrected chi connectivity index (χ0v) is 9.94. The van der Waals surface area contributed by atoms with Crippen LogP contribution in [0, 0.1) is 11.3 Å². The van der Waals surface area contributed by atoms with E-state index in [9.17, 15) is 5.26 Å². The lowest BCUT2D eigenvalue weighted by atomic mass is 9.87. The van der Waals surface area contributed by atoms with Crippen molar-refractivity contribution in [2.75, 3.05) is 13.2 Å². The fourth-order valence-electron chi connectivity index (χ4n) is 1.89. The molecule has 0 unspecified atom stereocenters. The molecule has 1 saturated heterocycles. The number of fused-ring (bicyclic) bond motifs is 1. The molecule has 1 aliphatic rings. The average molecular weight is 278 g/mol. The monoisotopic (exact) mass is 277 g/mol. The van der Waals surface area contributed by atoms with Gasteiger partial charge in [-0.05, 0) is 28.1 Å². The van der Waals surface area contributed by atoms with Crippen molar-refractivity contribution in [1.29, 1.82) is 5.26 Å². The highest BCUT2D eigenvalue weighted by atomic mass is 79.9. The van der Waals surface area contributed by atoms with Crippen LogP contribution in [0.3, 0.4) is 0 Å². The molecule has 0 bridgehead atoms. The summed E-state index contributed by atoms with van der Waals surface area (Å²) in [5.74, 6) is 0.753. The molecule has 0 aromatic carbocycles. The minimum Gasteiger partial charge on any atom is -0.377 e. The zero-order chi connectivity index (χ0) is 11.2. The van der Waals surface area contributed by atoms with Crippen LogP contribution >= 0.6 is 15.9 Å². The van der Waals surface area contributed by atoms with Gasteiger partial charge in [-0.15, -0.1) is 0 Å². The SMILES string of the molecule is N#CC1(c2nc(Br)c3ccccn23)COC1. The number of pyridine rings is 1. The molecule has 4 nitrogen and oxygen atoms in total. The Hall–Kier alpha value is -1.38. The molecule has 16 heavy (non-hydrogen) atoms. The lowest BCUT2D eigenvalue weighted by Crippen LogP contribution is -2.46. The highest BCUT2D eigenvalue weighted by molar-refractivity contribution is 9.10. The second-order valence-electron chi connectivity index (χ2n) is 3.87. The molecule has 0 N–H and O–H groups in total. The molecule has 0 spiro atoms. The van der Waals surface area contributed by atoms with Gasteiger partial charge in [-0.3, -0.25) is 0 Å². The fourth-order valence-corrected chi connectivity index (χ4v) is 2.38. The van der Waals surface area contributed by atoms with Gasteiger partial charge in [0.15, 0.2) is 5.41 Å². The quantitative estimate of drug-likeness (QED) is 0.800. The predicted octanol–water partition coefficient (Wildman–Crippen LogP) is 1.89. The van der Waals surface area contributed by atoms with Gasteiger partial charge in [-0.25, -0.2) is 4.98 Å². The van der Waals surface area contributed by atoms with Gasteiger partial charge in [0.25, 0.3) is 0 Å². The number of nitriles is 1. The molecule has 0 atom stereocenters. The molecule has 2 aromatic rings. The van der Waals surface area contributed by atoms with Gasteiger partial charge in [0.1, 0.15) is 10.4 Å².